The molecule has 0 bridgehead atoms. The Kier molecular flexibility index (Phi) is 7.46. The third kappa shape index (κ3) is 6.01. The maximum Gasteiger partial charge on any atom is 0.271 e. The summed E-state index contributed by atoms with van der Waals surface area (Å²) in [6, 6.07) is 13.8. The molecule has 1 saturated heterocycles. The zero-order chi connectivity index (χ0) is 23.4. The van der Waals surface area contributed by atoms with E-state index in [-0.39, 0.29) is 17.7 Å². The largest absolute Gasteiger partial charge is 0.347 e. The Hall–Kier alpha value is -2.70. The molecular weight excluding hydrogens is 454 g/mol. The lowest BCUT2D eigenvalue weighted by Crippen LogP contribution is -2.38. The Morgan fingerprint density at radius 1 is 1.12 bits per heavy atom. The van der Waals surface area contributed by atoms with Crippen LogP contribution in [-0.2, 0) is 17.8 Å². The average Bonchev–Trinajstić information content (AvgIpc) is 3.29. The summed E-state index contributed by atoms with van der Waals surface area (Å²) in [5, 5.41) is 6.42. The number of carbonyl (C=O) groups excluding carboxylic acids is 2. The smallest absolute Gasteiger partial charge is 0.271 e. The molecule has 2 aromatic carbocycles. The molecule has 172 valence electrons. The van der Waals surface area contributed by atoms with Gasteiger partial charge < -0.3 is 10.2 Å². The van der Waals surface area contributed by atoms with Gasteiger partial charge in [0.2, 0.25) is 5.91 Å². The number of rotatable bonds is 6. The number of halogens is 1. The van der Waals surface area contributed by atoms with Crippen molar-refractivity contribution in [3.8, 4) is 0 Å². The average molecular weight is 482 g/mol. The number of piperidine rings is 1. The molecule has 0 radical (unpaired) electrons. The van der Waals surface area contributed by atoms with E-state index >= 15 is 0 Å². The first-order valence-electron chi connectivity index (χ1n) is 11.2. The lowest BCUT2D eigenvalue weighted by atomic mass is 9.97. The Bertz CT molecular complexity index is 1130. The Morgan fingerprint density at radius 2 is 1.82 bits per heavy atom. The van der Waals surface area contributed by atoms with E-state index in [0.717, 1.165) is 29.0 Å². The van der Waals surface area contributed by atoms with E-state index in [1.807, 2.05) is 34.5 Å². The van der Waals surface area contributed by atoms with Gasteiger partial charge in [0.1, 0.15) is 5.69 Å². The van der Waals surface area contributed by atoms with E-state index in [2.05, 4.69) is 42.3 Å². The highest BCUT2D eigenvalue weighted by atomic mass is 35.5. The van der Waals surface area contributed by atoms with Crippen LogP contribution in [0, 0.1) is 13.8 Å². The zero-order valence-electron chi connectivity index (χ0n) is 18.9. The number of nitrogens with one attached hydrogen (secondary N) is 1. The fraction of sp³-hybridized carbons (Fsp3) is 0.346. The van der Waals surface area contributed by atoms with Gasteiger partial charge in [-0.2, -0.15) is 0 Å². The molecule has 0 spiro atoms. The molecule has 1 N–H and O–H groups in total. The maximum atomic E-state index is 12.7. The van der Waals surface area contributed by atoms with Crippen molar-refractivity contribution < 1.29 is 9.59 Å². The third-order valence-corrected chi connectivity index (χ3v) is 7.36. The lowest BCUT2D eigenvalue weighted by molar-refractivity contribution is -0.131. The molecule has 7 heteroatoms. The molecule has 0 saturated carbocycles. The van der Waals surface area contributed by atoms with Crippen LogP contribution in [0.3, 0.4) is 0 Å². The molecule has 1 aromatic heterocycles. The van der Waals surface area contributed by atoms with Crippen LogP contribution in [-0.4, -0.2) is 34.8 Å². The van der Waals surface area contributed by atoms with Crippen LogP contribution in [0.4, 0.5) is 0 Å². The van der Waals surface area contributed by atoms with Gasteiger partial charge in [-0.3, -0.25) is 9.59 Å². The molecule has 1 aliphatic heterocycles. The second kappa shape index (κ2) is 10.5. The Labute approximate surface area is 203 Å². The van der Waals surface area contributed by atoms with Crippen LogP contribution in [0.1, 0.15) is 56.5 Å². The standard InChI is InChI=1S/C26H28ClN3O2S/c1-17-11-18(2)13-19(12-17)15-28-25(32)23-16-33-26(29-23)20-7-9-30(10-8-20)24(31)14-21-5-3-4-6-22(21)27/h3-6,11-13,16,20H,7-10,14-15H2,1-2H3,(H,28,32). The summed E-state index contributed by atoms with van der Waals surface area (Å²) in [5.41, 5.74) is 4.79. The normalized spacial score (nSPS) is 14.3. The van der Waals surface area contributed by atoms with Crippen molar-refractivity contribution in [3.63, 3.8) is 0 Å². The molecule has 33 heavy (non-hydrogen) atoms. The van der Waals surface area contributed by atoms with Gasteiger partial charge in [0.25, 0.3) is 5.91 Å². The number of aryl methyl sites for hydroxylation is 2. The van der Waals surface area contributed by atoms with Crippen LogP contribution < -0.4 is 5.32 Å². The highest BCUT2D eigenvalue weighted by Crippen LogP contribution is 2.31. The van der Waals surface area contributed by atoms with Gasteiger partial charge in [0.05, 0.1) is 11.4 Å². The molecule has 0 aliphatic carbocycles. The van der Waals surface area contributed by atoms with Gasteiger partial charge in [-0.15, -0.1) is 11.3 Å². The van der Waals surface area contributed by atoms with Crippen molar-refractivity contribution in [3.05, 3.63) is 85.8 Å². The minimum atomic E-state index is -0.149. The minimum Gasteiger partial charge on any atom is -0.347 e. The SMILES string of the molecule is Cc1cc(C)cc(CNC(=O)c2csc(C3CCN(C(=O)Cc4ccccc4Cl)CC3)n2)c1. The predicted molar refractivity (Wildman–Crippen MR) is 133 cm³/mol. The summed E-state index contributed by atoms with van der Waals surface area (Å²) >= 11 is 7.73. The number of likely N-dealkylation sites (tertiary alicyclic amines) is 1. The van der Waals surface area contributed by atoms with E-state index in [1.165, 1.54) is 22.5 Å². The number of nitrogens with zero attached hydrogens (tertiary/aromatic N) is 2. The molecule has 2 amide bonds. The van der Waals surface area contributed by atoms with Gasteiger partial charge in [-0.05, 0) is 43.9 Å². The molecule has 4 rings (SSSR count). The van der Waals surface area contributed by atoms with Crippen molar-refractivity contribution in [2.75, 3.05) is 13.1 Å². The number of thiazole rings is 1. The first-order valence-corrected chi connectivity index (χ1v) is 12.5. The quantitative estimate of drug-likeness (QED) is 0.520. The molecule has 5 nitrogen and oxygen atoms in total. The molecule has 0 atom stereocenters. The summed E-state index contributed by atoms with van der Waals surface area (Å²) < 4.78 is 0. The second-order valence-corrected chi connectivity index (χ2v) is 9.97. The summed E-state index contributed by atoms with van der Waals surface area (Å²) in [4.78, 5) is 31.8. The van der Waals surface area contributed by atoms with Gasteiger partial charge in [0, 0.05) is 36.0 Å². The van der Waals surface area contributed by atoms with Gasteiger partial charge in [0.15, 0.2) is 0 Å². The molecule has 3 aromatic rings. The lowest BCUT2D eigenvalue weighted by Gasteiger charge is -2.31. The molecule has 1 aliphatic rings. The van der Waals surface area contributed by atoms with Crippen molar-refractivity contribution in [2.45, 2.75) is 45.6 Å². The zero-order valence-corrected chi connectivity index (χ0v) is 20.5. The van der Waals surface area contributed by atoms with Crippen LogP contribution >= 0.6 is 22.9 Å². The van der Waals surface area contributed by atoms with Gasteiger partial charge in [-0.1, -0.05) is 59.1 Å². The number of hydrogen-bond acceptors (Lipinski definition) is 4. The second-order valence-electron chi connectivity index (χ2n) is 8.67. The number of amides is 2. The molecule has 1 fully saturated rings. The summed E-state index contributed by atoms with van der Waals surface area (Å²) in [6.07, 6.45) is 2.03. The molecule has 0 unspecified atom stereocenters. The first kappa shape index (κ1) is 23.5. The Balaban J connectivity index is 1.29. The fourth-order valence-electron chi connectivity index (χ4n) is 4.32. The van der Waals surface area contributed by atoms with E-state index in [9.17, 15) is 9.59 Å². The molecule has 2 heterocycles. The number of carbonyl (C=O) groups is 2. The highest BCUT2D eigenvalue weighted by molar-refractivity contribution is 7.09. The van der Waals surface area contributed by atoms with Crippen LogP contribution in [0.5, 0.6) is 0 Å². The van der Waals surface area contributed by atoms with Crippen LogP contribution in [0.25, 0.3) is 0 Å². The van der Waals surface area contributed by atoms with Gasteiger partial charge >= 0.3 is 0 Å². The fourth-order valence-corrected chi connectivity index (χ4v) is 5.49. The van der Waals surface area contributed by atoms with Crippen molar-refractivity contribution >= 4 is 34.8 Å². The van der Waals surface area contributed by atoms with E-state index in [1.54, 1.807) is 0 Å². The topological polar surface area (TPSA) is 62.3 Å². The Morgan fingerprint density at radius 3 is 2.52 bits per heavy atom. The third-order valence-electron chi connectivity index (χ3n) is 5.99. The predicted octanol–water partition coefficient (Wildman–Crippen LogP) is 5.29. The summed E-state index contributed by atoms with van der Waals surface area (Å²) in [7, 11) is 0. The van der Waals surface area contributed by atoms with Crippen LogP contribution in [0.2, 0.25) is 5.02 Å². The first-order chi connectivity index (χ1) is 15.9. The summed E-state index contributed by atoms with van der Waals surface area (Å²) in [5.74, 6) is 0.233. The van der Waals surface area contributed by atoms with Gasteiger partial charge in [-0.25, -0.2) is 4.98 Å². The molecular formula is C26H28ClN3O2S. The number of aromatic nitrogens is 1. The van der Waals surface area contributed by atoms with Crippen molar-refractivity contribution in [1.82, 2.24) is 15.2 Å². The van der Waals surface area contributed by atoms with E-state index in [0.29, 0.717) is 36.8 Å². The van der Waals surface area contributed by atoms with E-state index in [4.69, 9.17) is 11.6 Å². The van der Waals surface area contributed by atoms with E-state index < -0.39 is 0 Å². The highest BCUT2D eigenvalue weighted by Gasteiger charge is 2.26. The summed E-state index contributed by atoms with van der Waals surface area (Å²) in [6.45, 7) is 5.99. The number of hydrogen-bond donors (Lipinski definition) is 1. The minimum absolute atomic E-state index is 0.104. The maximum absolute atomic E-state index is 12.7. The van der Waals surface area contributed by atoms with Crippen LogP contribution in [0.15, 0.2) is 47.8 Å². The van der Waals surface area contributed by atoms with Crippen molar-refractivity contribution in [1.29, 1.82) is 0 Å². The number of benzene rings is 2. The van der Waals surface area contributed by atoms with Crippen molar-refractivity contribution in [2.24, 2.45) is 0 Å². The monoisotopic (exact) mass is 481 g/mol.